The summed E-state index contributed by atoms with van der Waals surface area (Å²) < 4.78 is 19.0. The van der Waals surface area contributed by atoms with E-state index in [1.54, 1.807) is 25.3 Å². The van der Waals surface area contributed by atoms with Gasteiger partial charge in [-0.1, -0.05) is 42.0 Å². The van der Waals surface area contributed by atoms with Crippen LogP contribution in [0.5, 0.6) is 5.75 Å². The van der Waals surface area contributed by atoms with E-state index in [1.807, 2.05) is 55.5 Å². The monoisotopic (exact) mass is 466 g/mol. The summed E-state index contributed by atoms with van der Waals surface area (Å²) >= 11 is 0. The second-order valence-electron chi connectivity index (χ2n) is 8.23. The molecule has 0 atom stereocenters. The molecule has 0 spiro atoms. The van der Waals surface area contributed by atoms with E-state index in [4.69, 9.17) is 9.72 Å². The maximum atomic E-state index is 13.5. The van der Waals surface area contributed by atoms with Gasteiger partial charge in [-0.05, 0) is 55.0 Å². The number of nitrogens with one attached hydrogen (secondary N) is 2. The number of hydrogen-bond donors (Lipinski definition) is 2. The molecule has 0 aliphatic heterocycles. The van der Waals surface area contributed by atoms with Crippen molar-refractivity contribution < 1.29 is 13.9 Å². The van der Waals surface area contributed by atoms with Crippen LogP contribution in [0.15, 0.2) is 78.9 Å². The molecule has 0 radical (unpaired) electrons. The molecule has 6 nitrogen and oxygen atoms in total. The highest BCUT2D eigenvalue weighted by Crippen LogP contribution is 2.34. The first-order chi connectivity index (χ1) is 17.0. The number of fused-ring (bicyclic) bond motifs is 1. The second-order valence-corrected chi connectivity index (χ2v) is 8.23. The highest BCUT2D eigenvalue weighted by Gasteiger charge is 2.21. The summed E-state index contributed by atoms with van der Waals surface area (Å²) in [6, 6.07) is 23.2. The number of carbonyl (C=O) groups is 1. The van der Waals surface area contributed by atoms with E-state index < -0.39 is 0 Å². The van der Waals surface area contributed by atoms with E-state index in [9.17, 15) is 9.18 Å². The van der Waals surface area contributed by atoms with Crippen molar-refractivity contribution in [2.75, 3.05) is 7.11 Å². The van der Waals surface area contributed by atoms with Crippen LogP contribution in [0.4, 0.5) is 4.39 Å². The number of aromatic nitrogens is 3. The van der Waals surface area contributed by atoms with Crippen LogP contribution in [0, 0.1) is 12.7 Å². The Bertz CT molecular complexity index is 1510. The Labute approximate surface area is 201 Å². The first-order valence-corrected chi connectivity index (χ1v) is 11.2. The summed E-state index contributed by atoms with van der Waals surface area (Å²) in [5.41, 5.74) is 5.55. The molecule has 174 valence electrons. The predicted octanol–water partition coefficient (Wildman–Crippen LogP) is 5.68. The number of aromatic amines is 1. The molecule has 35 heavy (non-hydrogen) atoms. The lowest BCUT2D eigenvalue weighted by molar-refractivity contribution is 0.0952. The van der Waals surface area contributed by atoms with Crippen molar-refractivity contribution in [2.45, 2.75) is 13.5 Å². The maximum absolute atomic E-state index is 13.5. The molecule has 2 aromatic heterocycles. The van der Waals surface area contributed by atoms with Crippen LogP contribution < -0.4 is 10.1 Å². The highest BCUT2D eigenvalue weighted by molar-refractivity contribution is 6.11. The van der Waals surface area contributed by atoms with Gasteiger partial charge in [0.05, 0.1) is 29.4 Å². The minimum absolute atomic E-state index is 0.265. The summed E-state index contributed by atoms with van der Waals surface area (Å²) in [6.45, 7) is 2.39. The van der Waals surface area contributed by atoms with E-state index in [-0.39, 0.29) is 11.7 Å². The molecule has 0 saturated carbocycles. The second kappa shape index (κ2) is 9.38. The molecule has 1 amide bonds. The van der Waals surface area contributed by atoms with Crippen LogP contribution in [0.2, 0.25) is 0 Å². The highest BCUT2D eigenvalue weighted by atomic mass is 19.1. The Morgan fingerprint density at radius 2 is 1.77 bits per heavy atom. The molecule has 2 N–H and O–H groups in total. The SMILES string of the molecule is COc1ccccc1-c1cc(C(=O)NCc2ccc(C)cc2)c2c(-c3ccc(F)cc3)[nH]nc2n1. The zero-order valence-electron chi connectivity index (χ0n) is 19.3. The van der Waals surface area contributed by atoms with Crippen molar-refractivity contribution in [3.05, 3.63) is 101 Å². The summed E-state index contributed by atoms with van der Waals surface area (Å²) in [5, 5.41) is 10.9. The Morgan fingerprint density at radius 3 is 2.51 bits per heavy atom. The first-order valence-electron chi connectivity index (χ1n) is 11.2. The third-order valence-electron chi connectivity index (χ3n) is 5.86. The van der Waals surface area contributed by atoms with Crippen LogP contribution in [0.1, 0.15) is 21.5 Å². The minimum atomic E-state index is -0.342. The van der Waals surface area contributed by atoms with Crippen molar-refractivity contribution in [1.29, 1.82) is 0 Å². The van der Waals surface area contributed by atoms with Crippen molar-refractivity contribution in [3.8, 4) is 28.3 Å². The molecule has 7 heteroatoms. The largest absolute Gasteiger partial charge is 0.496 e. The molecule has 3 aromatic carbocycles. The number of ether oxygens (including phenoxy) is 1. The van der Waals surface area contributed by atoms with Gasteiger partial charge in [0.25, 0.3) is 5.91 Å². The number of benzene rings is 3. The fraction of sp³-hybridized carbons (Fsp3) is 0.107. The summed E-state index contributed by atoms with van der Waals surface area (Å²) in [5.74, 6) is 0.0313. The van der Waals surface area contributed by atoms with Gasteiger partial charge in [0.2, 0.25) is 0 Å². The summed E-state index contributed by atoms with van der Waals surface area (Å²) in [6.07, 6.45) is 0. The van der Waals surface area contributed by atoms with Gasteiger partial charge in [0.15, 0.2) is 5.65 Å². The number of nitrogens with zero attached hydrogens (tertiary/aromatic N) is 2. The molecule has 0 fully saturated rings. The van der Waals surface area contributed by atoms with Crippen LogP contribution in [-0.4, -0.2) is 28.2 Å². The zero-order valence-corrected chi connectivity index (χ0v) is 19.3. The predicted molar refractivity (Wildman–Crippen MR) is 134 cm³/mol. The Balaban J connectivity index is 1.62. The number of hydrogen-bond acceptors (Lipinski definition) is 4. The van der Waals surface area contributed by atoms with Crippen molar-refractivity contribution in [2.24, 2.45) is 0 Å². The molecule has 0 unspecified atom stereocenters. The molecule has 5 aromatic rings. The van der Waals surface area contributed by atoms with Gasteiger partial charge < -0.3 is 10.1 Å². The molecular formula is C28H23FN4O2. The smallest absolute Gasteiger partial charge is 0.252 e. The van der Waals surface area contributed by atoms with Crippen LogP contribution in [0.25, 0.3) is 33.5 Å². The number of rotatable bonds is 6. The zero-order chi connectivity index (χ0) is 24.4. The summed E-state index contributed by atoms with van der Waals surface area (Å²) in [7, 11) is 1.59. The topological polar surface area (TPSA) is 79.9 Å². The standard InChI is InChI=1S/C28H23FN4O2/c1-17-7-9-18(10-8-17)16-30-28(34)22-15-23(21-5-3-4-6-24(21)35-2)31-27-25(22)26(32-33-27)19-11-13-20(29)14-12-19/h3-15H,16H2,1-2H3,(H,30,34)(H,31,32,33). The molecule has 0 aliphatic rings. The maximum Gasteiger partial charge on any atom is 0.252 e. The number of halogens is 1. The minimum Gasteiger partial charge on any atom is -0.496 e. The molecule has 0 bridgehead atoms. The van der Waals surface area contributed by atoms with Gasteiger partial charge in [-0.25, -0.2) is 9.37 Å². The third kappa shape index (κ3) is 4.48. The van der Waals surface area contributed by atoms with E-state index in [0.29, 0.717) is 45.8 Å². The van der Waals surface area contributed by atoms with E-state index in [0.717, 1.165) is 16.7 Å². The first kappa shape index (κ1) is 22.3. The van der Waals surface area contributed by atoms with Crippen molar-refractivity contribution in [1.82, 2.24) is 20.5 Å². The molecule has 0 saturated heterocycles. The number of para-hydroxylation sites is 1. The number of pyridine rings is 1. The lowest BCUT2D eigenvalue weighted by Crippen LogP contribution is -2.23. The lowest BCUT2D eigenvalue weighted by Gasteiger charge is -2.12. The Morgan fingerprint density at radius 1 is 1.03 bits per heavy atom. The molecule has 5 rings (SSSR count). The van der Waals surface area contributed by atoms with Gasteiger partial charge in [-0.3, -0.25) is 9.89 Å². The van der Waals surface area contributed by atoms with Gasteiger partial charge in [-0.2, -0.15) is 5.10 Å². The lowest BCUT2D eigenvalue weighted by atomic mass is 10.0. The number of aryl methyl sites for hydroxylation is 1. The van der Waals surface area contributed by atoms with Crippen LogP contribution in [0.3, 0.4) is 0 Å². The average molecular weight is 467 g/mol. The Hall–Kier alpha value is -4.52. The molecule has 2 heterocycles. The van der Waals surface area contributed by atoms with E-state index >= 15 is 0 Å². The van der Waals surface area contributed by atoms with Gasteiger partial charge in [-0.15, -0.1) is 0 Å². The van der Waals surface area contributed by atoms with Gasteiger partial charge in [0.1, 0.15) is 11.6 Å². The van der Waals surface area contributed by atoms with Gasteiger partial charge in [0, 0.05) is 17.7 Å². The van der Waals surface area contributed by atoms with Gasteiger partial charge >= 0.3 is 0 Å². The quantitative estimate of drug-likeness (QED) is 0.338. The van der Waals surface area contributed by atoms with Crippen molar-refractivity contribution in [3.63, 3.8) is 0 Å². The Kier molecular flexibility index (Phi) is 5.97. The number of amides is 1. The molecular weight excluding hydrogens is 443 g/mol. The average Bonchev–Trinajstić information content (AvgIpc) is 3.32. The number of methoxy groups -OCH3 is 1. The number of H-pyrrole nitrogens is 1. The molecule has 0 aliphatic carbocycles. The van der Waals surface area contributed by atoms with E-state index in [2.05, 4.69) is 15.5 Å². The normalized spacial score (nSPS) is 10.9. The van der Waals surface area contributed by atoms with Crippen LogP contribution >= 0.6 is 0 Å². The van der Waals surface area contributed by atoms with Crippen molar-refractivity contribution >= 4 is 16.9 Å². The summed E-state index contributed by atoms with van der Waals surface area (Å²) in [4.78, 5) is 18.2. The number of carbonyl (C=O) groups excluding carboxylic acids is 1. The fourth-order valence-corrected chi connectivity index (χ4v) is 4.01. The third-order valence-corrected chi connectivity index (χ3v) is 5.86. The van der Waals surface area contributed by atoms with E-state index in [1.165, 1.54) is 12.1 Å². The van der Waals surface area contributed by atoms with Crippen LogP contribution in [-0.2, 0) is 6.54 Å². The fourth-order valence-electron chi connectivity index (χ4n) is 4.01.